The number of aromatic nitrogens is 1. The second kappa shape index (κ2) is 7.27. The van der Waals surface area contributed by atoms with E-state index in [1.807, 2.05) is 4.90 Å². The van der Waals surface area contributed by atoms with Crippen LogP contribution in [-0.4, -0.2) is 73.2 Å². The highest BCUT2D eigenvalue weighted by Crippen LogP contribution is 2.19. The summed E-state index contributed by atoms with van der Waals surface area (Å²) in [5.74, 6) is 0.576. The largest absolute Gasteiger partial charge is 0.472 e. The van der Waals surface area contributed by atoms with Crippen LogP contribution in [0.15, 0.2) is 18.3 Å². The maximum absolute atomic E-state index is 12.7. The van der Waals surface area contributed by atoms with Crippen LogP contribution in [0, 0.1) is 0 Å². The molecule has 0 spiro atoms. The molecule has 2 fully saturated rings. The fraction of sp³-hybridized carbons (Fsp3) is 0.647. The number of pyridine rings is 1. The molecule has 0 aromatic carbocycles. The molecular formula is C17H25N3O3. The van der Waals surface area contributed by atoms with Crippen molar-refractivity contribution in [1.82, 2.24) is 14.8 Å². The highest BCUT2D eigenvalue weighted by atomic mass is 16.5. The molecule has 2 saturated heterocycles. The summed E-state index contributed by atoms with van der Waals surface area (Å²) < 4.78 is 11.1. The number of piperidine rings is 1. The van der Waals surface area contributed by atoms with Crippen molar-refractivity contribution >= 4 is 5.91 Å². The average molecular weight is 319 g/mol. The second-order valence-corrected chi connectivity index (χ2v) is 6.47. The van der Waals surface area contributed by atoms with Crippen molar-refractivity contribution < 1.29 is 14.3 Å². The van der Waals surface area contributed by atoms with Crippen LogP contribution in [0.3, 0.4) is 0 Å². The van der Waals surface area contributed by atoms with Gasteiger partial charge in [-0.3, -0.25) is 4.79 Å². The predicted octanol–water partition coefficient (Wildman–Crippen LogP) is 1.42. The number of carbonyl (C=O) groups is 1. The summed E-state index contributed by atoms with van der Waals surface area (Å²) in [6.07, 6.45) is 4.60. The SMILES string of the molecule is CN(C)C1CCN(C(=O)c2ccnc(OC3CCOC3)c2)CC1. The van der Waals surface area contributed by atoms with E-state index in [0.29, 0.717) is 24.1 Å². The molecule has 1 unspecified atom stereocenters. The zero-order valence-electron chi connectivity index (χ0n) is 13.9. The lowest BCUT2D eigenvalue weighted by atomic mass is 10.0. The number of amides is 1. The van der Waals surface area contributed by atoms with Gasteiger partial charge < -0.3 is 19.3 Å². The maximum Gasteiger partial charge on any atom is 0.254 e. The van der Waals surface area contributed by atoms with Gasteiger partial charge in [-0.25, -0.2) is 4.98 Å². The first-order valence-electron chi connectivity index (χ1n) is 8.29. The van der Waals surface area contributed by atoms with E-state index in [2.05, 4.69) is 24.0 Å². The number of hydrogen-bond acceptors (Lipinski definition) is 5. The quantitative estimate of drug-likeness (QED) is 0.840. The monoisotopic (exact) mass is 319 g/mol. The third kappa shape index (κ3) is 4.00. The molecule has 0 aliphatic carbocycles. The molecule has 6 nitrogen and oxygen atoms in total. The van der Waals surface area contributed by atoms with Gasteiger partial charge in [-0.1, -0.05) is 0 Å². The second-order valence-electron chi connectivity index (χ2n) is 6.47. The van der Waals surface area contributed by atoms with Gasteiger partial charge in [0.1, 0.15) is 6.10 Å². The fourth-order valence-corrected chi connectivity index (χ4v) is 3.15. The molecular weight excluding hydrogens is 294 g/mol. The van der Waals surface area contributed by atoms with Crippen LogP contribution in [-0.2, 0) is 4.74 Å². The molecule has 3 rings (SSSR count). The van der Waals surface area contributed by atoms with E-state index < -0.39 is 0 Å². The molecule has 1 aromatic heterocycles. The number of rotatable bonds is 4. The first-order valence-corrected chi connectivity index (χ1v) is 8.29. The van der Waals surface area contributed by atoms with Crippen molar-refractivity contribution in [3.8, 4) is 5.88 Å². The maximum atomic E-state index is 12.7. The Kier molecular flexibility index (Phi) is 5.13. The minimum atomic E-state index is 0.0451. The molecule has 1 amide bonds. The molecule has 126 valence electrons. The summed E-state index contributed by atoms with van der Waals surface area (Å²) in [6.45, 7) is 2.93. The highest BCUT2D eigenvalue weighted by molar-refractivity contribution is 5.94. The van der Waals surface area contributed by atoms with Crippen molar-refractivity contribution in [3.63, 3.8) is 0 Å². The Hall–Kier alpha value is -1.66. The number of nitrogens with zero attached hydrogens (tertiary/aromatic N) is 3. The third-order valence-electron chi connectivity index (χ3n) is 4.64. The van der Waals surface area contributed by atoms with E-state index in [0.717, 1.165) is 39.0 Å². The molecule has 0 saturated carbocycles. The molecule has 1 aromatic rings. The first-order chi connectivity index (χ1) is 11.1. The van der Waals surface area contributed by atoms with E-state index in [1.165, 1.54) is 0 Å². The predicted molar refractivity (Wildman–Crippen MR) is 86.7 cm³/mol. The van der Waals surface area contributed by atoms with Crippen LogP contribution in [0.1, 0.15) is 29.6 Å². The Balaban J connectivity index is 1.61. The van der Waals surface area contributed by atoms with Crippen molar-refractivity contribution in [2.75, 3.05) is 40.4 Å². The molecule has 3 heterocycles. The lowest BCUT2D eigenvalue weighted by molar-refractivity contribution is 0.0662. The van der Waals surface area contributed by atoms with Crippen LogP contribution in [0.5, 0.6) is 5.88 Å². The smallest absolute Gasteiger partial charge is 0.254 e. The van der Waals surface area contributed by atoms with Crippen LogP contribution < -0.4 is 4.74 Å². The molecule has 0 bridgehead atoms. The standard InChI is InChI=1S/C17H25N3O3/c1-19(2)14-4-8-20(9-5-14)17(21)13-3-7-18-16(11-13)23-15-6-10-22-12-15/h3,7,11,14-15H,4-6,8-10,12H2,1-2H3. The van der Waals surface area contributed by atoms with Crippen molar-refractivity contribution in [2.24, 2.45) is 0 Å². The normalized spacial score (nSPS) is 22.6. The van der Waals surface area contributed by atoms with E-state index in [9.17, 15) is 4.79 Å². The average Bonchev–Trinajstić information content (AvgIpc) is 3.07. The molecule has 6 heteroatoms. The van der Waals surface area contributed by atoms with Gasteiger partial charge in [0.25, 0.3) is 5.91 Å². The zero-order valence-corrected chi connectivity index (χ0v) is 13.9. The molecule has 2 aliphatic rings. The molecule has 23 heavy (non-hydrogen) atoms. The van der Waals surface area contributed by atoms with Crippen molar-refractivity contribution in [3.05, 3.63) is 23.9 Å². The van der Waals surface area contributed by atoms with Gasteiger partial charge in [-0.2, -0.15) is 0 Å². The van der Waals surface area contributed by atoms with Crippen LogP contribution >= 0.6 is 0 Å². The number of likely N-dealkylation sites (tertiary alicyclic amines) is 1. The Labute approximate surface area is 137 Å². The van der Waals surface area contributed by atoms with Crippen molar-refractivity contribution in [1.29, 1.82) is 0 Å². The minimum absolute atomic E-state index is 0.0451. The van der Waals surface area contributed by atoms with Gasteiger partial charge in [-0.15, -0.1) is 0 Å². The molecule has 2 aliphatic heterocycles. The summed E-state index contributed by atoms with van der Waals surface area (Å²) in [7, 11) is 4.20. The van der Waals surface area contributed by atoms with E-state index in [4.69, 9.17) is 9.47 Å². The van der Waals surface area contributed by atoms with Crippen LogP contribution in [0.2, 0.25) is 0 Å². The zero-order chi connectivity index (χ0) is 16.2. The molecule has 0 N–H and O–H groups in total. The van der Waals surface area contributed by atoms with Gasteiger partial charge in [0.15, 0.2) is 0 Å². The summed E-state index contributed by atoms with van der Waals surface area (Å²) in [5, 5.41) is 0. The Morgan fingerprint density at radius 2 is 2.13 bits per heavy atom. The van der Waals surface area contributed by atoms with E-state index >= 15 is 0 Å². The Bertz CT molecular complexity index is 536. The van der Waals surface area contributed by atoms with Crippen molar-refractivity contribution in [2.45, 2.75) is 31.4 Å². The Morgan fingerprint density at radius 3 is 2.78 bits per heavy atom. The van der Waals surface area contributed by atoms with Gasteiger partial charge in [-0.05, 0) is 33.0 Å². The summed E-state index contributed by atoms with van der Waals surface area (Å²) >= 11 is 0. The third-order valence-corrected chi connectivity index (χ3v) is 4.64. The summed E-state index contributed by atoms with van der Waals surface area (Å²) in [5.41, 5.74) is 0.650. The van der Waals surface area contributed by atoms with Gasteiger partial charge in [0.2, 0.25) is 5.88 Å². The minimum Gasteiger partial charge on any atom is -0.472 e. The molecule has 0 radical (unpaired) electrons. The van der Waals surface area contributed by atoms with Gasteiger partial charge in [0, 0.05) is 43.4 Å². The fourth-order valence-electron chi connectivity index (χ4n) is 3.15. The number of hydrogen-bond donors (Lipinski definition) is 0. The lowest BCUT2D eigenvalue weighted by Crippen LogP contribution is -2.44. The highest BCUT2D eigenvalue weighted by Gasteiger charge is 2.25. The lowest BCUT2D eigenvalue weighted by Gasteiger charge is -2.35. The van der Waals surface area contributed by atoms with Gasteiger partial charge in [0.05, 0.1) is 13.2 Å². The summed E-state index contributed by atoms with van der Waals surface area (Å²) in [4.78, 5) is 21.0. The van der Waals surface area contributed by atoms with Gasteiger partial charge >= 0.3 is 0 Å². The van der Waals surface area contributed by atoms with E-state index in [1.54, 1.807) is 18.3 Å². The first kappa shape index (κ1) is 16.2. The number of carbonyl (C=O) groups excluding carboxylic acids is 1. The number of ether oxygens (including phenoxy) is 2. The van der Waals surface area contributed by atoms with Crippen LogP contribution in [0.4, 0.5) is 0 Å². The summed E-state index contributed by atoms with van der Waals surface area (Å²) in [6, 6.07) is 4.08. The van der Waals surface area contributed by atoms with E-state index in [-0.39, 0.29) is 12.0 Å². The Morgan fingerprint density at radius 1 is 1.35 bits per heavy atom. The van der Waals surface area contributed by atoms with Crippen LogP contribution in [0.25, 0.3) is 0 Å². The topological polar surface area (TPSA) is 54.9 Å². The molecule has 1 atom stereocenters.